The molecule has 0 saturated carbocycles. The van der Waals surface area contributed by atoms with E-state index in [1.54, 1.807) is 7.11 Å². The number of aryl methyl sites for hydroxylation is 1. The van der Waals surface area contributed by atoms with Crippen molar-refractivity contribution in [2.24, 2.45) is 0 Å². The highest BCUT2D eigenvalue weighted by Gasteiger charge is 2.57. The first-order valence-corrected chi connectivity index (χ1v) is 12.6. The summed E-state index contributed by atoms with van der Waals surface area (Å²) in [4.78, 5) is 15.0. The highest BCUT2D eigenvalue weighted by atomic mass is 35.5. The van der Waals surface area contributed by atoms with Crippen molar-refractivity contribution in [3.05, 3.63) is 94.0 Å². The molecule has 0 radical (unpaired) electrons. The van der Waals surface area contributed by atoms with Crippen molar-refractivity contribution in [3.8, 4) is 11.5 Å². The van der Waals surface area contributed by atoms with E-state index in [0.717, 1.165) is 11.1 Å². The number of amides is 1. The minimum Gasteiger partial charge on any atom is -0.493 e. The number of benzene rings is 3. The zero-order chi connectivity index (χ0) is 25.5. The lowest BCUT2D eigenvalue weighted by Crippen LogP contribution is -2.68. The number of nitrogens with zero attached hydrogens (tertiary/aromatic N) is 1. The van der Waals surface area contributed by atoms with E-state index in [1.165, 1.54) is 16.8 Å². The largest absolute Gasteiger partial charge is 0.493 e. The Hall–Kier alpha value is -3.44. The fraction of sp³-hybridized carbons (Fsp3) is 0.300. The van der Waals surface area contributed by atoms with E-state index >= 15 is 0 Å². The Morgan fingerprint density at radius 2 is 1.89 bits per heavy atom. The van der Waals surface area contributed by atoms with Crippen LogP contribution in [0.1, 0.15) is 42.5 Å². The van der Waals surface area contributed by atoms with Crippen LogP contribution in [0.25, 0.3) is 6.08 Å². The second kappa shape index (κ2) is 9.21. The molecule has 1 saturated heterocycles. The maximum Gasteiger partial charge on any atom is 0.223 e. The van der Waals surface area contributed by atoms with Gasteiger partial charge in [-0.15, -0.1) is 0 Å². The average Bonchev–Trinajstić information content (AvgIpc) is 3.05. The van der Waals surface area contributed by atoms with Crippen LogP contribution < -0.4 is 19.7 Å². The Morgan fingerprint density at radius 3 is 2.67 bits per heavy atom. The summed E-state index contributed by atoms with van der Waals surface area (Å²) in [5.74, 6) is 1.34. The van der Waals surface area contributed by atoms with E-state index < -0.39 is 5.66 Å². The molecule has 3 aromatic carbocycles. The van der Waals surface area contributed by atoms with Crippen molar-refractivity contribution >= 4 is 29.3 Å². The van der Waals surface area contributed by atoms with Crippen LogP contribution in [0.15, 0.2) is 66.7 Å². The van der Waals surface area contributed by atoms with Crippen LogP contribution >= 0.6 is 11.6 Å². The van der Waals surface area contributed by atoms with Crippen LogP contribution in [0.4, 0.5) is 5.69 Å². The first-order valence-electron chi connectivity index (χ1n) is 12.2. The number of rotatable bonds is 6. The summed E-state index contributed by atoms with van der Waals surface area (Å²) >= 11 is 6.27. The third-order valence-electron chi connectivity index (χ3n) is 7.43. The van der Waals surface area contributed by atoms with Gasteiger partial charge in [0.25, 0.3) is 0 Å². The number of hydrogen-bond donors (Lipinski definition) is 1. The van der Waals surface area contributed by atoms with E-state index in [2.05, 4.69) is 61.3 Å². The predicted molar refractivity (Wildman–Crippen MR) is 145 cm³/mol. The SMILES string of the molecule is COc1cc(/C=C/C23NC(=O)CCN2c2ccc(C)cc2C3(C)C)ccc1OCc1ccccc1Cl. The van der Waals surface area contributed by atoms with Gasteiger partial charge in [-0.1, -0.05) is 73.5 Å². The quantitative estimate of drug-likeness (QED) is 0.432. The maximum atomic E-state index is 12.7. The molecule has 6 heteroatoms. The summed E-state index contributed by atoms with van der Waals surface area (Å²) in [7, 11) is 1.63. The number of halogens is 1. The molecular formula is C30H31ClN2O3. The van der Waals surface area contributed by atoms with E-state index in [-0.39, 0.29) is 11.3 Å². The fourth-order valence-electron chi connectivity index (χ4n) is 5.36. The first kappa shape index (κ1) is 24.3. The maximum absolute atomic E-state index is 12.7. The van der Waals surface area contributed by atoms with Crippen LogP contribution in [0.3, 0.4) is 0 Å². The topological polar surface area (TPSA) is 50.8 Å². The van der Waals surface area contributed by atoms with Gasteiger partial charge in [0, 0.05) is 34.7 Å². The van der Waals surface area contributed by atoms with Gasteiger partial charge in [0.05, 0.1) is 7.11 Å². The number of ether oxygens (including phenoxy) is 2. The highest BCUT2D eigenvalue weighted by Crippen LogP contribution is 2.52. The van der Waals surface area contributed by atoms with Gasteiger partial charge < -0.3 is 19.7 Å². The molecule has 3 aromatic rings. The average molecular weight is 503 g/mol. The van der Waals surface area contributed by atoms with Gasteiger partial charge in [-0.05, 0) is 48.4 Å². The molecule has 0 aliphatic carbocycles. The van der Waals surface area contributed by atoms with Crippen LogP contribution in [0.5, 0.6) is 11.5 Å². The van der Waals surface area contributed by atoms with Gasteiger partial charge in [-0.3, -0.25) is 4.79 Å². The number of hydrogen-bond acceptors (Lipinski definition) is 4. The van der Waals surface area contributed by atoms with Crippen LogP contribution in [-0.2, 0) is 16.8 Å². The van der Waals surface area contributed by atoms with E-state index in [1.807, 2.05) is 42.5 Å². The van der Waals surface area contributed by atoms with Crippen molar-refractivity contribution in [1.82, 2.24) is 5.32 Å². The highest BCUT2D eigenvalue weighted by molar-refractivity contribution is 6.31. The number of anilines is 1. The Bertz CT molecular complexity index is 1350. The van der Waals surface area contributed by atoms with Crippen molar-refractivity contribution in [2.75, 3.05) is 18.6 Å². The zero-order valence-corrected chi connectivity index (χ0v) is 21.9. The molecule has 1 atom stereocenters. The molecule has 0 bridgehead atoms. The Labute approximate surface area is 217 Å². The summed E-state index contributed by atoms with van der Waals surface area (Å²) < 4.78 is 11.6. The smallest absolute Gasteiger partial charge is 0.223 e. The lowest BCUT2D eigenvalue weighted by atomic mass is 9.74. The van der Waals surface area contributed by atoms with Gasteiger partial charge in [0.1, 0.15) is 12.3 Å². The minimum absolute atomic E-state index is 0.0643. The Morgan fingerprint density at radius 1 is 1.08 bits per heavy atom. The zero-order valence-electron chi connectivity index (χ0n) is 21.1. The molecule has 0 aromatic heterocycles. The fourth-order valence-corrected chi connectivity index (χ4v) is 5.55. The molecule has 1 N–H and O–H groups in total. The predicted octanol–water partition coefficient (Wildman–Crippen LogP) is 6.26. The Balaban J connectivity index is 1.45. The molecule has 2 aliphatic heterocycles. The molecule has 1 fully saturated rings. The van der Waals surface area contributed by atoms with Gasteiger partial charge in [-0.2, -0.15) is 0 Å². The minimum atomic E-state index is -0.662. The second-order valence-corrected chi connectivity index (χ2v) is 10.4. The van der Waals surface area contributed by atoms with E-state index in [4.69, 9.17) is 21.1 Å². The summed E-state index contributed by atoms with van der Waals surface area (Å²) in [5.41, 5.74) is 4.51. The summed E-state index contributed by atoms with van der Waals surface area (Å²) in [6.07, 6.45) is 4.65. The molecule has 36 heavy (non-hydrogen) atoms. The van der Waals surface area contributed by atoms with Crippen molar-refractivity contribution in [3.63, 3.8) is 0 Å². The monoisotopic (exact) mass is 502 g/mol. The first-order chi connectivity index (χ1) is 17.2. The van der Waals surface area contributed by atoms with Gasteiger partial charge >= 0.3 is 0 Å². The molecule has 186 valence electrons. The summed E-state index contributed by atoms with van der Waals surface area (Å²) in [6.45, 7) is 7.53. The van der Waals surface area contributed by atoms with Crippen LogP contribution in [0.2, 0.25) is 5.02 Å². The van der Waals surface area contributed by atoms with Gasteiger partial charge in [0.2, 0.25) is 5.91 Å². The molecule has 5 rings (SSSR count). The molecule has 2 heterocycles. The lowest BCUT2D eigenvalue weighted by molar-refractivity contribution is -0.124. The number of nitrogens with one attached hydrogen (secondary N) is 1. The standard InChI is InChI=1S/C30H31ClN2O3/c1-20-9-11-25-23(17-20)29(2,3)30(32-28(34)14-16-33(25)30)15-13-21-10-12-26(27(18-21)35-4)36-19-22-7-5-6-8-24(22)31/h5-13,15,17-18H,14,16,19H2,1-4H3,(H,32,34)/b15-13+. The molecule has 1 unspecified atom stereocenters. The third-order valence-corrected chi connectivity index (χ3v) is 7.80. The third kappa shape index (κ3) is 4.01. The van der Waals surface area contributed by atoms with Crippen molar-refractivity contribution in [2.45, 2.75) is 44.9 Å². The number of methoxy groups -OCH3 is 1. The molecular weight excluding hydrogens is 472 g/mol. The lowest BCUT2D eigenvalue weighted by Gasteiger charge is -2.49. The van der Waals surface area contributed by atoms with Crippen molar-refractivity contribution < 1.29 is 14.3 Å². The van der Waals surface area contributed by atoms with Crippen LogP contribution in [0, 0.1) is 6.92 Å². The molecule has 5 nitrogen and oxygen atoms in total. The molecule has 1 amide bonds. The summed E-state index contributed by atoms with van der Waals surface area (Å²) in [6, 6.07) is 20.0. The van der Waals surface area contributed by atoms with Crippen LogP contribution in [-0.4, -0.2) is 25.2 Å². The van der Waals surface area contributed by atoms with E-state index in [0.29, 0.717) is 36.1 Å². The number of carbonyl (C=O) groups is 1. The second-order valence-electron chi connectivity index (χ2n) is 9.99. The Kier molecular flexibility index (Phi) is 6.21. The number of carbonyl (C=O) groups excluding carboxylic acids is 1. The number of fused-ring (bicyclic) bond motifs is 3. The van der Waals surface area contributed by atoms with Crippen molar-refractivity contribution in [1.29, 1.82) is 0 Å². The molecule has 0 spiro atoms. The summed E-state index contributed by atoms with van der Waals surface area (Å²) in [5, 5.41) is 4.01. The molecule has 2 aliphatic rings. The van der Waals surface area contributed by atoms with Gasteiger partial charge in [-0.25, -0.2) is 0 Å². The van der Waals surface area contributed by atoms with E-state index in [9.17, 15) is 4.79 Å². The van der Waals surface area contributed by atoms with Gasteiger partial charge in [0.15, 0.2) is 11.5 Å². The normalized spacial score (nSPS) is 20.1.